The Balaban J connectivity index is 2.12. The molecular formula is C22H30N2O4S. The van der Waals surface area contributed by atoms with Crippen LogP contribution in [0.1, 0.15) is 37.8 Å². The van der Waals surface area contributed by atoms with Gasteiger partial charge in [-0.3, -0.25) is 4.79 Å². The second-order valence-electron chi connectivity index (χ2n) is 6.93. The van der Waals surface area contributed by atoms with Crippen molar-refractivity contribution < 1.29 is 17.9 Å². The molecule has 158 valence electrons. The number of carbonyl (C=O) groups excluding carboxylic acids is 1. The zero-order valence-corrected chi connectivity index (χ0v) is 18.4. The van der Waals surface area contributed by atoms with Gasteiger partial charge in [-0.2, -0.15) is 4.31 Å². The zero-order valence-electron chi connectivity index (χ0n) is 17.6. The van der Waals surface area contributed by atoms with Crippen LogP contribution < -0.4 is 10.1 Å². The van der Waals surface area contributed by atoms with E-state index in [1.165, 1.54) is 12.7 Å². The van der Waals surface area contributed by atoms with E-state index in [4.69, 9.17) is 4.74 Å². The quantitative estimate of drug-likeness (QED) is 0.633. The number of aryl methyl sites for hydroxylation is 2. The number of unbranched alkanes of at least 4 members (excludes halogenated alkanes) is 1. The smallest absolute Gasteiger partial charge is 0.247 e. The van der Waals surface area contributed by atoms with Crippen LogP contribution in [0.15, 0.2) is 47.4 Å². The first kappa shape index (κ1) is 22.9. The van der Waals surface area contributed by atoms with Crippen LogP contribution in [-0.2, 0) is 21.2 Å². The molecule has 0 aliphatic heterocycles. The van der Waals surface area contributed by atoms with Crippen molar-refractivity contribution in [3.05, 3.63) is 53.6 Å². The van der Waals surface area contributed by atoms with Crippen LogP contribution in [0.3, 0.4) is 0 Å². The van der Waals surface area contributed by atoms with Crippen molar-refractivity contribution in [2.45, 2.75) is 44.9 Å². The second-order valence-corrected chi connectivity index (χ2v) is 8.84. The van der Waals surface area contributed by atoms with Crippen molar-refractivity contribution >= 4 is 21.6 Å². The number of likely N-dealkylation sites (N-methyl/N-ethyl adjacent to an activating group) is 1. The highest BCUT2D eigenvalue weighted by Crippen LogP contribution is 2.27. The van der Waals surface area contributed by atoms with Crippen LogP contribution in [0.25, 0.3) is 0 Å². The Morgan fingerprint density at radius 3 is 2.38 bits per heavy atom. The fraction of sp³-hybridized carbons (Fsp3) is 0.409. The predicted octanol–water partition coefficient (Wildman–Crippen LogP) is 4.00. The van der Waals surface area contributed by atoms with Gasteiger partial charge in [-0.15, -0.1) is 0 Å². The third kappa shape index (κ3) is 6.05. The number of ether oxygens (including phenoxy) is 1. The molecule has 0 spiro atoms. The van der Waals surface area contributed by atoms with Crippen LogP contribution in [0.4, 0.5) is 5.69 Å². The van der Waals surface area contributed by atoms with E-state index in [9.17, 15) is 13.2 Å². The summed E-state index contributed by atoms with van der Waals surface area (Å²) in [6.45, 7) is 5.56. The second kappa shape index (κ2) is 10.4. The van der Waals surface area contributed by atoms with E-state index < -0.39 is 10.0 Å². The van der Waals surface area contributed by atoms with Crippen LogP contribution in [0.5, 0.6) is 5.75 Å². The zero-order chi connectivity index (χ0) is 21.4. The number of rotatable bonds is 10. The maximum Gasteiger partial charge on any atom is 0.247 e. The SMILES string of the molecule is CCCCc1ccc(NC(=O)CN(CC)S(=O)(=O)c2cc(C)ccc2OC)cc1. The van der Waals surface area contributed by atoms with Gasteiger partial charge in [0.25, 0.3) is 0 Å². The average molecular weight is 419 g/mol. The number of anilines is 1. The number of nitrogens with zero attached hydrogens (tertiary/aromatic N) is 1. The van der Waals surface area contributed by atoms with Crippen LogP contribution in [0.2, 0.25) is 0 Å². The van der Waals surface area contributed by atoms with Gasteiger partial charge >= 0.3 is 0 Å². The van der Waals surface area contributed by atoms with E-state index in [1.54, 1.807) is 25.1 Å². The van der Waals surface area contributed by atoms with E-state index in [2.05, 4.69) is 12.2 Å². The molecule has 2 aromatic carbocycles. The predicted molar refractivity (Wildman–Crippen MR) is 116 cm³/mol. The fourth-order valence-corrected chi connectivity index (χ4v) is 4.63. The van der Waals surface area contributed by atoms with Gasteiger partial charge < -0.3 is 10.1 Å². The summed E-state index contributed by atoms with van der Waals surface area (Å²) in [5.74, 6) is -0.125. The highest BCUT2D eigenvalue weighted by atomic mass is 32.2. The van der Waals surface area contributed by atoms with Crippen LogP contribution in [0, 0.1) is 6.92 Å². The van der Waals surface area contributed by atoms with Crippen LogP contribution >= 0.6 is 0 Å². The molecule has 6 nitrogen and oxygen atoms in total. The lowest BCUT2D eigenvalue weighted by atomic mass is 10.1. The third-order valence-electron chi connectivity index (χ3n) is 4.67. The minimum absolute atomic E-state index is 0.0647. The van der Waals surface area contributed by atoms with Gasteiger partial charge in [-0.25, -0.2) is 8.42 Å². The van der Waals surface area contributed by atoms with Crippen LogP contribution in [-0.4, -0.2) is 38.8 Å². The molecule has 0 saturated carbocycles. The number of methoxy groups -OCH3 is 1. The highest BCUT2D eigenvalue weighted by molar-refractivity contribution is 7.89. The summed E-state index contributed by atoms with van der Waals surface area (Å²) >= 11 is 0. The average Bonchev–Trinajstić information content (AvgIpc) is 2.71. The molecule has 0 unspecified atom stereocenters. The molecule has 2 aromatic rings. The molecule has 0 aromatic heterocycles. The number of amides is 1. The molecule has 0 aliphatic carbocycles. The first-order valence-corrected chi connectivity index (χ1v) is 11.3. The maximum absolute atomic E-state index is 13.1. The lowest BCUT2D eigenvalue weighted by molar-refractivity contribution is -0.116. The molecule has 1 amide bonds. The lowest BCUT2D eigenvalue weighted by Gasteiger charge is -2.21. The number of hydrogen-bond acceptors (Lipinski definition) is 4. The molecule has 0 aliphatic rings. The van der Waals surface area contributed by atoms with Gasteiger partial charge in [-0.1, -0.05) is 38.5 Å². The molecule has 0 heterocycles. The topological polar surface area (TPSA) is 75.7 Å². The summed E-state index contributed by atoms with van der Waals surface area (Å²) < 4.78 is 32.6. The molecular weight excluding hydrogens is 388 g/mol. The number of carbonyl (C=O) groups is 1. The molecule has 0 atom stereocenters. The Hall–Kier alpha value is -2.38. The first-order chi connectivity index (χ1) is 13.8. The Bertz CT molecular complexity index is 924. The van der Waals surface area contributed by atoms with Gasteiger partial charge in [0.05, 0.1) is 13.7 Å². The normalized spacial score (nSPS) is 11.5. The summed E-state index contributed by atoms with van der Waals surface area (Å²) in [6, 6.07) is 12.6. The Morgan fingerprint density at radius 1 is 1.10 bits per heavy atom. The van der Waals surface area contributed by atoms with Crippen molar-refractivity contribution in [1.82, 2.24) is 4.31 Å². The summed E-state index contributed by atoms with van der Waals surface area (Å²) in [4.78, 5) is 12.6. The minimum atomic E-state index is -3.87. The number of benzene rings is 2. The van der Waals surface area contributed by atoms with E-state index in [0.29, 0.717) is 5.69 Å². The Labute approximate surface area is 173 Å². The number of nitrogens with one attached hydrogen (secondary N) is 1. The third-order valence-corrected chi connectivity index (χ3v) is 6.61. The van der Waals surface area contributed by atoms with E-state index in [0.717, 1.165) is 29.1 Å². The van der Waals surface area contributed by atoms with Crippen molar-refractivity contribution in [2.24, 2.45) is 0 Å². The van der Waals surface area contributed by atoms with Crippen molar-refractivity contribution in [3.63, 3.8) is 0 Å². The summed E-state index contributed by atoms with van der Waals surface area (Å²) in [6.07, 6.45) is 3.26. The van der Waals surface area contributed by atoms with Gasteiger partial charge in [0.15, 0.2) is 0 Å². The Kier molecular flexibility index (Phi) is 8.22. The maximum atomic E-state index is 13.1. The standard InChI is InChI=1S/C22H30N2O4S/c1-5-7-8-18-10-12-19(13-11-18)23-22(25)16-24(6-2)29(26,27)21-15-17(3)9-14-20(21)28-4/h9-15H,5-8,16H2,1-4H3,(H,23,25). The van der Waals surface area contributed by atoms with Crippen molar-refractivity contribution in [1.29, 1.82) is 0 Å². The molecule has 0 radical (unpaired) electrons. The molecule has 2 rings (SSSR count). The van der Waals surface area contributed by atoms with E-state index in [1.807, 2.05) is 31.2 Å². The Morgan fingerprint density at radius 2 is 1.79 bits per heavy atom. The molecule has 0 fully saturated rings. The molecule has 0 bridgehead atoms. The number of hydrogen-bond donors (Lipinski definition) is 1. The largest absolute Gasteiger partial charge is 0.495 e. The van der Waals surface area contributed by atoms with Gasteiger partial charge in [0.1, 0.15) is 10.6 Å². The van der Waals surface area contributed by atoms with Gasteiger partial charge in [0, 0.05) is 12.2 Å². The van der Waals surface area contributed by atoms with Crippen molar-refractivity contribution in [3.8, 4) is 5.75 Å². The van der Waals surface area contributed by atoms with E-state index in [-0.39, 0.29) is 29.6 Å². The molecule has 0 saturated heterocycles. The highest BCUT2D eigenvalue weighted by Gasteiger charge is 2.28. The fourth-order valence-electron chi connectivity index (χ4n) is 2.99. The monoisotopic (exact) mass is 418 g/mol. The summed E-state index contributed by atoms with van der Waals surface area (Å²) in [7, 11) is -2.45. The van der Waals surface area contributed by atoms with E-state index >= 15 is 0 Å². The van der Waals surface area contributed by atoms with Gasteiger partial charge in [0.2, 0.25) is 15.9 Å². The molecule has 29 heavy (non-hydrogen) atoms. The molecule has 7 heteroatoms. The summed E-state index contributed by atoms with van der Waals surface area (Å²) in [5.41, 5.74) is 2.67. The van der Waals surface area contributed by atoms with Gasteiger partial charge in [-0.05, 0) is 55.2 Å². The number of sulfonamides is 1. The minimum Gasteiger partial charge on any atom is -0.495 e. The molecule has 1 N–H and O–H groups in total. The first-order valence-electron chi connectivity index (χ1n) is 9.85. The lowest BCUT2D eigenvalue weighted by Crippen LogP contribution is -2.38. The van der Waals surface area contributed by atoms with Crippen molar-refractivity contribution in [2.75, 3.05) is 25.5 Å². The summed E-state index contributed by atoms with van der Waals surface area (Å²) in [5, 5.41) is 2.78.